The van der Waals surface area contributed by atoms with Crippen LogP contribution in [0.2, 0.25) is 0 Å². The predicted octanol–water partition coefficient (Wildman–Crippen LogP) is 2.77. The van der Waals surface area contributed by atoms with Gasteiger partial charge >= 0.3 is 0 Å². The number of nitrogens with zero attached hydrogens (tertiary/aromatic N) is 3. The molecule has 1 N–H and O–H groups in total. The first-order valence-electron chi connectivity index (χ1n) is 8.60. The summed E-state index contributed by atoms with van der Waals surface area (Å²) in [6.07, 6.45) is 0. The van der Waals surface area contributed by atoms with Crippen LogP contribution in [0.4, 0.5) is 5.69 Å². The van der Waals surface area contributed by atoms with Gasteiger partial charge in [0.25, 0.3) is 5.91 Å². The molecule has 0 bridgehead atoms. The minimum Gasteiger partial charge on any atom is -0.419 e. The summed E-state index contributed by atoms with van der Waals surface area (Å²) in [5, 5.41) is 10.9. The monoisotopic (exact) mass is 362 g/mol. The van der Waals surface area contributed by atoms with Gasteiger partial charge in [0.2, 0.25) is 17.7 Å². The fraction of sp³-hybridized carbons (Fsp3) is 0.200. The topological polar surface area (TPSA) is 88.3 Å². The number of para-hydroxylation sites is 1. The molecule has 1 aliphatic heterocycles. The molecule has 136 valence electrons. The summed E-state index contributed by atoms with van der Waals surface area (Å²) in [5.41, 5.74) is 3.31. The Kier molecular flexibility index (Phi) is 4.19. The Hall–Kier alpha value is -3.48. The molecule has 7 heteroatoms. The molecule has 0 saturated carbocycles. The molecule has 1 atom stereocenters. The zero-order valence-electron chi connectivity index (χ0n) is 15.0. The largest absolute Gasteiger partial charge is 0.419 e. The zero-order valence-corrected chi connectivity index (χ0v) is 15.0. The van der Waals surface area contributed by atoms with E-state index in [9.17, 15) is 9.59 Å². The molecule has 0 unspecified atom stereocenters. The van der Waals surface area contributed by atoms with Crippen molar-refractivity contribution in [1.29, 1.82) is 0 Å². The van der Waals surface area contributed by atoms with Crippen LogP contribution in [0.3, 0.4) is 0 Å². The minimum absolute atomic E-state index is 0.145. The summed E-state index contributed by atoms with van der Waals surface area (Å²) in [4.78, 5) is 26.1. The third kappa shape index (κ3) is 3.08. The van der Waals surface area contributed by atoms with Crippen LogP contribution in [-0.2, 0) is 16.1 Å². The number of rotatable bonds is 4. The van der Waals surface area contributed by atoms with Gasteiger partial charge in [-0.2, -0.15) is 0 Å². The van der Waals surface area contributed by atoms with Gasteiger partial charge in [0.15, 0.2) is 0 Å². The van der Waals surface area contributed by atoms with Gasteiger partial charge in [0, 0.05) is 18.1 Å². The first-order valence-corrected chi connectivity index (χ1v) is 8.60. The maximum Gasteiger partial charge on any atom is 0.254 e. The number of nitrogens with one attached hydrogen (secondary N) is 1. The lowest BCUT2D eigenvalue weighted by atomic mass is 10.1. The van der Waals surface area contributed by atoms with Crippen LogP contribution in [0, 0.1) is 6.92 Å². The van der Waals surface area contributed by atoms with Crippen molar-refractivity contribution in [2.75, 3.05) is 4.90 Å². The number of carbonyl (C=O) groups is 2. The van der Waals surface area contributed by atoms with Crippen LogP contribution >= 0.6 is 0 Å². The molecule has 2 heterocycles. The Labute approximate surface area is 156 Å². The lowest BCUT2D eigenvalue weighted by molar-refractivity contribution is -0.126. The molecular weight excluding hydrogens is 344 g/mol. The van der Waals surface area contributed by atoms with Gasteiger partial charge < -0.3 is 14.6 Å². The van der Waals surface area contributed by atoms with Crippen molar-refractivity contribution in [3.63, 3.8) is 0 Å². The Morgan fingerprint density at radius 3 is 2.67 bits per heavy atom. The summed E-state index contributed by atoms with van der Waals surface area (Å²) >= 11 is 0. The van der Waals surface area contributed by atoms with E-state index in [1.54, 1.807) is 4.90 Å². The van der Waals surface area contributed by atoms with Crippen molar-refractivity contribution in [3.05, 3.63) is 65.5 Å². The molecule has 3 aromatic rings. The molecule has 2 aromatic carbocycles. The van der Waals surface area contributed by atoms with E-state index < -0.39 is 6.04 Å². The fourth-order valence-corrected chi connectivity index (χ4v) is 3.33. The highest BCUT2D eigenvalue weighted by Gasteiger charge is 2.39. The standard InChI is InChI=1S/C20H18N4O3/c1-12-7-6-10-15-17(21-13(2)25)20(26)24(18(12)15)11-16-22-23-19(27-16)14-8-4-3-5-9-14/h3-10,17H,11H2,1-2H3,(H,21,25)/t17-/m0/s1. The van der Waals surface area contributed by atoms with E-state index in [4.69, 9.17) is 4.42 Å². The van der Waals surface area contributed by atoms with E-state index in [0.29, 0.717) is 11.8 Å². The summed E-state index contributed by atoms with van der Waals surface area (Å²) in [7, 11) is 0. The van der Waals surface area contributed by atoms with Crippen molar-refractivity contribution >= 4 is 17.5 Å². The second-order valence-electron chi connectivity index (χ2n) is 6.44. The number of carbonyl (C=O) groups excluding carboxylic acids is 2. The molecule has 0 aliphatic carbocycles. The molecule has 1 aliphatic rings. The van der Waals surface area contributed by atoms with Gasteiger partial charge in [-0.05, 0) is 24.6 Å². The van der Waals surface area contributed by atoms with E-state index >= 15 is 0 Å². The van der Waals surface area contributed by atoms with Crippen molar-refractivity contribution in [3.8, 4) is 11.5 Å². The molecule has 27 heavy (non-hydrogen) atoms. The number of aromatic nitrogens is 2. The second-order valence-corrected chi connectivity index (χ2v) is 6.44. The molecule has 0 fully saturated rings. The summed E-state index contributed by atoms with van der Waals surface area (Å²) in [6.45, 7) is 3.47. The molecule has 2 amide bonds. The molecule has 7 nitrogen and oxygen atoms in total. The average Bonchev–Trinajstić information content (AvgIpc) is 3.22. The minimum atomic E-state index is -0.700. The Morgan fingerprint density at radius 2 is 1.93 bits per heavy atom. The lowest BCUT2D eigenvalue weighted by Crippen LogP contribution is -2.36. The maximum atomic E-state index is 13.0. The van der Waals surface area contributed by atoms with E-state index in [-0.39, 0.29) is 18.4 Å². The number of anilines is 1. The van der Waals surface area contributed by atoms with Crippen LogP contribution in [0.1, 0.15) is 30.0 Å². The lowest BCUT2D eigenvalue weighted by Gasteiger charge is -2.17. The van der Waals surface area contributed by atoms with Gasteiger partial charge in [-0.1, -0.05) is 36.4 Å². The van der Waals surface area contributed by atoms with Crippen molar-refractivity contribution in [2.45, 2.75) is 26.4 Å². The van der Waals surface area contributed by atoms with Gasteiger partial charge in [0.05, 0.1) is 5.69 Å². The van der Waals surface area contributed by atoms with E-state index in [0.717, 1.165) is 22.4 Å². The molecule has 4 rings (SSSR count). The third-order valence-electron chi connectivity index (χ3n) is 4.49. The Bertz CT molecular complexity index is 1010. The van der Waals surface area contributed by atoms with Crippen LogP contribution < -0.4 is 10.2 Å². The molecule has 1 aromatic heterocycles. The van der Waals surface area contributed by atoms with E-state index in [1.165, 1.54) is 6.92 Å². The van der Waals surface area contributed by atoms with Crippen LogP contribution in [0.15, 0.2) is 52.9 Å². The van der Waals surface area contributed by atoms with E-state index in [2.05, 4.69) is 15.5 Å². The Balaban J connectivity index is 1.66. The summed E-state index contributed by atoms with van der Waals surface area (Å²) in [6, 6.07) is 14.4. The smallest absolute Gasteiger partial charge is 0.254 e. The quantitative estimate of drug-likeness (QED) is 0.771. The molecule has 0 spiro atoms. The molecular formula is C20H18N4O3. The third-order valence-corrected chi connectivity index (χ3v) is 4.49. The summed E-state index contributed by atoms with van der Waals surface area (Å²) in [5.74, 6) is 0.265. The van der Waals surface area contributed by atoms with Crippen LogP contribution in [-0.4, -0.2) is 22.0 Å². The number of aryl methyl sites for hydroxylation is 1. The molecule has 0 saturated heterocycles. The highest BCUT2D eigenvalue weighted by molar-refractivity contribution is 6.06. The Morgan fingerprint density at radius 1 is 1.15 bits per heavy atom. The molecule has 0 radical (unpaired) electrons. The fourth-order valence-electron chi connectivity index (χ4n) is 3.33. The number of fused-ring (bicyclic) bond motifs is 1. The number of amides is 2. The first kappa shape index (κ1) is 17.0. The average molecular weight is 362 g/mol. The first-order chi connectivity index (χ1) is 13.0. The highest BCUT2D eigenvalue weighted by Crippen LogP contribution is 2.39. The van der Waals surface area contributed by atoms with Gasteiger partial charge in [-0.3, -0.25) is 9.59 Å². The van der Waals surface area contributed by atoms with Gasteiger partial charge in [-0.15, -0.1) is 10.2 Å². The number of hydrogen-bond acceptors (Lipinski definition) is 5. The highest BCUT2D eigenvalue weighted by atomic mass is 16.4. The normalized spacial score (nSPS) is 15.7. The number of benzene rings is 2. The van der Waals surface area contributed by atoms with Crippen molar-refractivity contribution in [1.82, 2.24) is 15.5 Å². The maximum absolute atomic E-state index is 13.0. The van der Waals surface area contributed by atoms with Crippen LogP contribution in [0.25, 0.3) is 11.5 Å². The predicted molar refractivity (Wildman–Crippen MR) is 98.7 cm³/mol. The SMILES string of the molecule is CC(=O)N[C@@H]1C(=O)N(Cc2nnc(-c3ccccc3)o2)c2c(C)cccc21. The van der Waals surface area contributed by atoms with Crippen molar-refractivity contribution in [2.24, 2.45) is 0 Å². The summed E-state index contributed by atoms with van der Waals surface area (Å²) < 4.78 is 5.75. The zero-order chi connectivity index (χ0) is 19.0. The van der Waals surface area contributed by atoms with Crippen LogP contribution in [0.5, 0.6) is 0 Å². The van der Waals surface area contributed by atoms with E-state index in [1.807, 2.05) is 55.5 Å². The van der Waals surface area contributed by atoms with Gasteiger partial charge in [-0.25, -0.2) is 0 Å². The second kappa shape index (κ2) is 6.68. The number of hydrogen-bond donors (Lipinski definition) is 1. The van der Waals surface area contributed by atoms with Crippen molar-refractivity contribution < 1.29 is 14.0 Å². The van der Waals surface area contributed by atoms with Gasteiger partial charge in [0.1, 0.15) is 12.6 Å².